The molecule has 0 aromatic heterocycles. The maximum Gasteiger partial charge on any atom is 0.417 e. The van der Waals surface area contributed by atoms with E-state index in [0.717, 1.165) is 29.5 Å². The molecule has 2 aliphatic rings. The lowest BCUT2D eigenvalue weighted by Gasteiger charge is -2.25. The first-order valence-corrected chi connectivity index (χ1v) is 12.3. The Morgan fingerprint density at radius 2 is 1.87 bits per heavy atom. The third-order valence-corrected chi connectivity index (χ3v) is 8.56. The van der Waals surface area contributed by atoms with E-state index in [0.29, 0.717) is 0 Å². The number of alkyl halides is 3. The Kier molecular flexibility index (Phi) is 5.82. The van der Waals surface area contributed by atoms with Gasteiger partial charge in [0.05, 0.1) is 34.6 Å². The fraction of sp³-hybridized carbons (Fsp3) is 0.300. The number of benzene rings is 2. The Labute approximate surface area is 186 Å². The highest BCUT2D eigenvalue weighted by Gasteiger charge is 2.49. The van der Waals surface area contributed by atoms with Crippen molar-refractivity contribution in [3.63, 3.8) is 0 Å². The molecule has 1 amide bonds. The molecule has 0 saturated carbocycles. The molecule has 2 fully saturated rings. The highest BCUT2D eigenvalue weighted by Crippen LogP contribution is 2.43. The lowest BCUT2D eigenvalue weighted by Crippen LogP contribution is -2.38. The van der Waals surface area contributed by atoms with E-state index >= 15 is 0 Å². The number of fused-ring (bicyclic) bond motifs is 1. The molecule has 2 atom stereocenters. The van der Waals surface area contributed by atoms with E-state index in [1.807, 2.05) is 6.07 Å². The molecular weight excluding hydrogens is 473 g/mol. The van der Waals surface area contributed by atoms with Crippen LogP contribution in [0, 0.1) is 0 Å². The third kappa shape index (κ3) is 4.75. The summed E-state index contributed by atoms with van der Waals surface area (Å²) in [6.45, 7) is 0. The zero-order valence-corrected chi connectivity index (χ0v) is 18.2. The van der Waals surface area contributed by atoms with E-state index in [-0.39, 0.29) is 28.8 Å². The van der Waals surface area contributed by atoms with Crippen LogP contribution < -0.4 is 4.90 Å². The molecule has 2 heterocycles. The minimum absolute atomic E-state index is 0.0286. The third-order valence-electron chi connectivity index (χ3n) is 5.02. The number of anilines is 1. The van der Waals surface area contributed by atoms with Gasteiger partial charge in [-0.1, -0.05) is 53.7 Å². The standard InChI is InChI=1S/C20H16ClF3N2O3S2/c21-15-7-6-13(9-14(15)20(22,23)24)26-16-10-31(28,29)11-17(16)30-19(26)25-18(27)8-12-4-2-1-3-5-12/h1-7,9,16-17H,8,10-11H2/t16-,17+/m1/s1. The second-order valence-electron chi connectivity index (χ2n) is 7.28. The summed E-state index contributed by atoms with van der Waals surface area (Å²) in [5.41, 5.74) is -0.184. The number of hydrogen-bond donors (Lipinski definition) is 0. The normalized spacial score (nSPS) is 23.9. The summed E-state index contributed by atoms with van der Waals surface area (Å²) in [4.78, 5) is 18.1. The van der Waals surface area contributed by atoms with E-state index in [9.17, 15) is 26.4 Å². The minimum Gasteiger partial charge on any atom is -0.316 e. The summed E-state index contributed by atoms with van der Waals surface area (Å²) in [5.74, 6) is -0.808. The molecule has 0 spiro atoms. The Morgan fingerprint density at radius 3 is 2.55 bits per heavy atom. The van der Waals surface area contributed by atoms with E-state index in [2.05, 4.69) is 4.99 Å². The number of sulfone groups is 1. The summed E-state index contributed by atoms with van der Waals surface area (Å²) in [6.07, 6.45) is -4.65. The van der Waals surface area contributed by atoms with Gasteiger partial charge in [0.1, 0.15) is 0 Å². The van der Waals surface area contributed by atoms with E-state index in [1.54, 1.807) is 24.3 Å². The Hall–Kier alpha value is -2.04. The van der Waals surface area contributed by atoms with Crippen LogP contribution in [-0.2, 0) is 27.2 Å². The fourth-order valence-corrected chi connectivity index (χ4v) is 7.82. The van der Waals surface area contributed by atoms with Gasteiger partial charge in [0, 0.05) is 10.9 Å². The molecule has 164 valence electrons. The van der Waals surface area contributed by atoms with Gasteiger partial charge >= 0.3 is 6.18 Å². The van der Waals surface area contributed by atoms with Crippen LogP contribution in [0.2, 0.25) is 5.02 Å². The Morgan fingerprint density at radius 1 is 1.16 bits per heavy atom. The summed E-state index contributed by atoms with van der Waals surface area (Å²) in [5, 5.41) is -0.683. The van der Waals surface area contributed by atoms with Crippen molar-refractivity contribution in [3.8, 4) is 0 Å². The Bertz CT molecular complexity index is 1150. The predicted molar refractivity (Wildman–Crippen MR) is 115 cm³/mol. The maximum absolute atomic E-state index is 13.4. The molecule has 5 nitrogen and oxygen atoms in total. The predicted octanol–water partition coefficient (Wildman–Crippen LogP) is 4.20. The number of aliphatic imine (C=N–C) groups is 1. The van der Waals surface area contributed by atoms with Gasteiger partial charge in [-0.3, -0.25) is 4.79 Å². The maximum atomic E-state index is 13.4. The molecule has 2 saturated heterocycles. The van der Waals surface area contributed by atoms with Crippen LogP contribution in [0.25, 0.3) is 0 Å². The van der Waals surface area contributed by atoms with Gasteiger partial charge in [0.25, 0.3) is 5.91 Å². The summed E-state index contributed by atoms with van der Waals surface area (Å²) in [7, 11) is -3.34. The number of carbonyl (C=O) groups excluding carboxylic acids is 1. The molecule has 2 aliphatic heterocycles. The lowest BCUT2D eigenvalue weighted by atomic mass is 10.1. The van der Waals surface area contributed by atoms with Crippen LogP contribution in [0.4, 0.5) is 18.9 Å². The quantitative estimate of drug-likeness (QED) is 0.647. The Balaban J connectivity index is 1.71. The summed E-state index contributed by atoms with van der Waals surface area (Å²) >= 11 is 6.84. The number of hydrogen-bond acceptors (Lipinski definition) is 4. The second-order valence-corrected chi connectivity index (χ2v) is 11.1. The summed E-state index contributed by atoms with van der Waals surface area (Å²) < 4.78 is 64.4. The topological polar surface area (TPSA) is 66.8 Å². The first-order chi connectivity index (χ1) is 14.5. The van der Waals surface area contributed by atoms with Crippen LogP contribution in [-0.4, -0.2) is 42.3 Å². The van der Waals surface area contributed by atoms with Gasteiger partial charge in [-0.25, -0.2) is 8.42 Å². The second kappa shape index (κ2) is 8.14. The molecule has 11 heteroatoms. The highest BCUT2D eigenvalue weighted by atomic mass is 35.5. The number of amidine groups is 1. The number of nitrogens with zero attached hydrogens (tertiary/aromatic N) is 2. The molecule has 0 unspecified atom stereocenters. The van der Waals surface area contributed by atoms with Crippen LogP contribution in [0.5, 0.6) is 0 Å². The molecular formula is C20H16ClF3N2O3S2. The lowest BCUT2D eigenvalue weighted by molar-refractivity contribution is -0.137. The van der Waals surface area contributed by atoms with Crippen molar-refractivity contribution in [2.45, 2.75) is 23.9 Å². The number of halogens is 4. The number of carbonyl (C=O) groups is 1. The van der Waals surface area contributed by atoms with Crippen molar-refractivity contribution < 1.29 is 26.4 Å². The van der Waals surface area contributed by atoms with Gasteiger partial charge < -0.3 is 4.90 Å². The molecule has 2 aromatic rings. The largest absolute Gasteiger partial charge is 0.417 e. The molecule has 2 aromatic carbocycles. The molecule has 0 N–H and O–H groups in total. The number of rotatable bonds is 3. The first kappa shape index (κ1) is 22.2. The van der Waals surface area contributed by atoms with Crippen LogP contribution in [0.1, 0.15) is 11.1 Å². The summed E-state index contributed by atoms with van der Waals surface area (Å²) in [6, 6.07) is 11.7. The average Bonchev–Trinajstić information content (AvgIpc) is 3.13. The first-order valence-electron chi connectivity index (χ1n) is 9.22. The van der Waals surface area contributed by atoms with Gasteiger partial charge in [-0.2, -0.15) is 18.2 Å². The van der Waals surface area contributed by atoms with Crippen LogP contribution in [0.15, 0.2) is 53.5 Å². The van der Waals surface area contributed by atoms with Crippen molar-refractivity contribution in [3.05, 3.63) is 64.7 Å². The van der Waals surface area contributed by atoms with Crippen molar-refractivity contribution in [1.82, 2.24) is 0 Å². The number of amides is 1. The fourth-order valence-electron chi connectivity index (χ4n) is 3.66. The SMILES string of the molecule is O=C(Cc1ccccc1)N=C1S[C@H]2CS(=O)(=O)C[C@H]2N1c1ccc(Cl)c(C(F)(F)F)c1. The van der Waals surface area contributed by atoms with E-state index < -0.39 is 43.8 Å². The number of thioether (sulfide) groups is 1. The zero-order valence-electron chi connectivity index (χ0n) is 15.8. The van der Waals surface area contributed by atoms with E-state index in [4.69, 9.17) is 11.6 Å². The van der Waals surface area contributed by atoms with Gasteiger partial charge in [-0.15, -0.1) is 0 Å². The van der Waals surface area contributed by atoms with Crippen LogP contribution in [0.3, 0.4) is 0 Å². The average molecular weight is 489 g/mol. The molecule has 0 bridgehead atoms. The zero-order chi connectivity index (χ0) is 22.4. The van der Waals surface area contributed by atoms with E-state index in [1.165, 1.54) is 11.0 Å². The van der Waals surface area contributed by atoms with Gasteiger partial charge in [0.2, 0.25) is 0 Å². The van der Waals surface area contributed by atoms with Crippen molar-refractivity contribution in [1.29, 1.82) is 0 Å². The monoisotopic (exact) mass is 488 g/mol. The molecule has 4 rings (SSSR count). The smallest absolute Gasteiger partial charge is 0.316 e. The molecule has 31 heavy (non-hydrogen) atoms. The van der Waals surface area contributed by atoms with Crippen molar-refractivity contribution in [2.24, 2.45) is 4.99 Å². The molecule has 0 aliphatic carbocycles. The van der Waals surface area contributed by atoms with Crippen molar-refractivity contribution >= 4 is 50.0 Å². The minimum atomic E-state index is -4.68. The molecule has 0 radical (unpaired) electrons. The van der Waals surface area contributed by atoms with Gasteiger partial charge in [-0.05, 0) is 23.8 Å². The van der Waals surface area contributed by atoms with Crippen LogP contribution >= 0.6 is 23.4 Å². The van der Waals surface area contributed by atoms with Crippen molar-refractivity contribution in [2.75, 3.05) is 16.4 Å². The van der Waals surface area contributed by atoms with Gasteiger partial charge in [0.15, 0.2) is 15.0 Å². The highest BCUT2D eigenvalue weighted by molar-refractivity contribution is 8.16.